The number of hydrogen-bond acceptors (Lipinski definition) is 5. The van der Waals surface area contributed by atoms with Gasteiger partial charge >= 0.3 is 0 Å². The van der Waals surface area contributed by atoms with Crippen molar-refractivity contribution in [2.24, 2.45) is 0 Å². The average Bonchev–Trinajstić information content (AvgIpc) is 2.62. The first-order chi connectivity index (χ1) is 11.2. The molecule has 0 fully saturated rings. The van der Waals surface area contributed by atoms with E-state index in [1.54, 1.807) is 51.9 Å². The van der Waals surface area contributed by atoms with Gasteiger partial charge in [-0.25, -0.2) is 0 Å². The molecule has 0 aliphatic heterocycles. The van der Waals surface area contributed by atoms with Crippen LogP contribution in [0, 0.1) is 0 Å². The molecular weight excluding hydrogens is 294 g/mol. The lowest BCUT2D eigenvalue weighted by molar-refractivity contribution is -0.108. The van der Waals surface area contributed by atoms with E-state index >= 15 is 0 Å². The summed E-state index contributed by atoms with van der Waals surface area (Å²) in [6.45, 7) is 0. The van der Waals surface area contributed by atoms with Gasteiger partial charge in [0.2, 0.25) is 5.75 Å². The maximum atomic E-state index is 11.3. The Morgan fingerprint density at radius 3 is 2.39 bits per heavy atom. The predicted octanol–water partition coefficient (Wildman–Crippen LogP) is 3.10. The molecule has 0 bridgehead atoms. The first-order valence-electron chi connectivity index (χ1n) is 7.07. The third kappa shape index (κ3) is 3.69. The molecule has 0 saturated heterocycles. The van der Waals surface area contributed by atoms with Crippen LogP contribution in [0.15, 0.2) is 42.7 Å². The van der Waals surface area contributed by atoms with Crippen molar-refractivity contribution in [2.75, 3.05) is 21.3 Å². The van der Waals surface area contributed by atoms with Gasteiger partial charge in [0.25, 0.3) is 0 Å². The first-order valence-corrected chi connectivity index (χ1v) is 7.07. The number of carbonyl (C=O) groups is 1. The van der Waals surface area contributed by atoms with Crippen molar-refractivity contribution in [2.45, 2.75) is 5.92 Å². The van der Waals surface area contributed by atoms with Gasteiger partial charge in [-0.15, -0.1) is 0 Å². The van der Waals surface area contributed by atoms with Gasteiger partial charge in [0.05, 0.1) is 27.2 Å². The Labute approximate surface area is 135 Å². The second kappa shape index (κ2) is 7.98. The van der Waals surface area contributed by atoms with Crippen LogP contribution in [-0.2, 0) is 4.79 Å². The van der Waals surface area contributed by atoms with Crippen LogP contribution in [0.2, 0.25) is 0 Å². The third-order valence-corrected chi connectivity index (χ3v) is 3.43. The standard InChI is InChI=1S/C18H19NO4/c1-21-16-9-8-13(17(22-2)18(16)23-3)6-7-15(12-20)14-5-4-10-19-11-14/h4-12,15H,1-3H3/b7-6+. The molecule has 0 saturated carbocycles. The number of carbonyl (C=O) groups excluding carboxylic acids is 1. The van der Waals surface area contributed by atoms with Gasteiger partial charge in [0, 0.05) is 18.0 Å². The van der Waals surface area contributed by atoms with Crippen molar-refractivity contribution in [3.05, 3.63) is 53.9 Å². The summed E-state index contributed by atoms with van der Waals surface area (Å²) >= 11 is 0. The number of methoxy groups -OCH3 is 3. The molecule has 1 unspecified atom stereocenters. The highest BCUT2D eigenvalue weighted by Crippen LogP contribution is 2.40. The summed E-state index contributed by atoms with van der Waals surface area (Å²) in [6, 6.07) is 7.31. The number of ether oxygens (including phenoxy) is 3. The second-order valence-corrected chi connectivity index (χ2v) is 4.73. The molecule has 1 aromatic carbocycles. The van der Waals surface area contributed by atoms with Gasteiger partial charge in [0.1, 0.15) is 6.29 Å². The Hall–Kier alpha value is -2.82. The van der Waals surface area contributed by atoms with Gasteiger partial charge in [0.15, 0.2) is 11.5 Å². The molecule has 0 N–H and O–H groups in total. The normalized spacial score (nSPS) is 12.0. The molecule has 0 radical (unpaired) electrons. The van der Waals surface area contributed by atoms with Crippen molar-refractivity contribution >= 4 is 12.4 Å². The molecule has 1 aromatic heterocycles. The summed E-state index contributed by atoms with van der Waals surface area (Å²) < 4.78 is 16.0. The summed E-state index contributed by atoms with van der Waals surface area (Å²) in [6.07, 6.45) is 7.85. The number of pyridine rings is 1. The molecule has 5 heteroatoms. The van der Waals surface area contributed by atoms with Crippen molar-refractivity contribution in [1.29, 1.82) is 0 Å². The molecule has 0 aliphatic rings. The summed E-state index contributed by atoms with van der Waals surface area (Å²) in [4.78, 5) is 15.4. The van der Waals surface area contributed by atoms with E-state index in [-0.39, 0.29) is 5.92 Å². The van der Waals surface area contributed by atoms with Crippen molar-refractivity contribution in [1.82, 2.24) is 4.98 Å². The molecule has 1 heterocycles. The maximum absolute atomic E-state index is 11.3. The summed E-state index contributed by atoms with van der Waals surface area (Å²) in [5, 5.41) is 0. The second-order valence-electron chi connectivity index (χ2n) is 4.73. The van der Waals surface area contributed by atoms with Crippen LogP contribution in [0.4, 0.5) is 0 Å². The monoisotopic (exact) mass is 313 g/mol. The van der Waals surface area contributed by atoms with Crippen molar-refractivity contribution < 1.29 is 19.0 Å². The number of benzene rings is 1. The molecule has 0 amide bonds. The number of allylic oxidation sites excluding steroid dienone is 1. The van der Waals surface area contributed by atoms with Gasteiger partial charge < -0.3 is 19.0 Å². The molecule has 23 heavy (non-hydrogen) atoms. The van der Waals surface area contributed by atoms with E-state index in [0.29, 0.717) is 17.2 Å². The van der Waals surface area contributed by atoms with E-state index < -0.39 is 0 Å². The highest BCUT2D eigenvalue weighted by molar-refractivity contribution is 5.72. The van der Waals surface area contributed by atoms with E-state index in [1.165, 1.54) is 0 Å². The highest BCUT2D eigenvalue weighted by Gasteiger charge is 2.14. The molecule has 120 valence electrons. The zero-order chi connectivity index (χ0) is 16.7. The van der Waals surface area contributed by atoms with Crippen LogP contribution in [0.1, 0.15) is 17.0 Å². The van der Waals surface area contributed by atoms with Gasteiger partial charge in [-0.3, -0.25) is 4.98 Å². The van der Waals surface area contributed by atoms with E-state index in [9.17, 15) is 4.79 Å². The molecule has 5 nitrogen and oxygen atoms in total. The summed E-state index contributed by atoms with van der Waals surface area (Å²) in [7, 11) is 4.68. The fraction of sp³-hybridized carbons (Fsp3) is 0.222. The van der Waals surface area contributed by atoms with Crippen LogP contribution in [-0.4, -0.2) is 32.6 Å². The lowest BCUT2D eigenvalue weighted by Gasteiger charge is -2.14. The van der Waals surface area contributed by atoms with E-state index in [2.05, 4.69) is 4.98 Å². The minimum absolute atomic E-state index is 0.374. The Morgan fingerprint density at radius 1 is 1.04 bits per heavy atom. The minimum atomic E-state index is -0.374. The Morgan fingerprint density at radius 2 is 1.83 bits per heavy atom. The number of aldehydes is 1. The van der Waals surface area contributed by atoms with Crippen molar-refractivity contribution in [3.8, 4) is 17.2 Å². The lowest BCUT2D eigenvalue weighted by Crippen LogP contribution is -1.98. The van der Waals surface area contributed by atoms with E-state index in [1.807, 2.05) is 18.2 Å². The predicted molar refractivity (Wildman–Crippen MR) is 88.2 cm³/mol. The number of nitrogens with zero attached hydrogens (tertiary/aromatic N) is 1. The topological polar surface area (TPSA) is 57.7 Å². The third-order valence-electron chi connectivity index (χ3n) is 3.43. The highest BCUT2D eigenvalue weighted by atomic mass is 16.5. The number of hydrogen-bond donors (Lipinski definition) is 0. The van der Waals surface area contributed by atoms with E-state index in [0.717, 1.165) is 17.4 Å². The van der Waals surface area contributed by atoms with Crippen LogP contribution in [0.5, 0.6) is 17.2 Å². The minimum Gasteiger partial charge on any atom is -0.493 e. The molecular formula is C18H19NO4. The molecule has 2 rings (SSSR count). The molecule has 2 aromatic rings. The average molecular weight is 313 g/mol. The summed E-state index contributed by atoms with van der Waals surface area (Å²) in [5.41, 5.74) is 1.62. The fourth-order valence-corrected chi connectivity index (χ4v) is 2.27. The molecule has 1 atom stereocenters. The zero-order valence-electron chi connectivity index (χ0n) is 13.4. The van der Waals surface area contributed by atoms with Crippen LogP contribution in [0.3, 0.4) is 0 Å². The summed E-state index contributed by atoms with van der Waals surface area (Å²) in [5.74, 6) is 1.28. The SMILES string of the molecule is COc1ccc(/C=C/C(C=O)c2cccnc2)c(OC)c1OC. The van der Waals surface area contributed by atoms with Crippen LogP contribution < -0.4 is 14.2 Å². The number of aromatic nitrogens is 1. The largest absolute Gasteiger partial charge is 0.493 e. The van der Waals surface area contributed by atoms with Gasteiger partial charge in [-0.1, -0.05) is 18.2 Å². The fourth-order valence-electron chi connectivity index (χ4n) is 2.27. The Bertz CT molecular complexity index is 683. The van der Waals surface area contributed by atoms with Crippen LogP contribution in [0.25, 0.3) is 6.08 Å². The van der Waals surface area contributed by atoms with Crippen molar-refractivity contribution in [3.63, 3.8) is 0 Å². The van der Waals surface area contributed by atoms with Gasteiger partial charge in [-0.2, -0.15) is 0 Å². The lowest BCUT2D eigenvalue weighted by atomic mass is 10.0. The van der Waals surface area contributed by atoms with Gasteiger partial charge in [-0.05, 0) is 23.8 Å². The molecule has 0 aliphatic carbocycles. The number of rotatable bonds is 7. The molecule has 0 spiro atoms. The Kier molecular flexibility index (Phi) is 5.74. The smallest absolute Gasteiger partial charge is 0.203 e. The maximum Gasteiger partial charge on any atom is 0.203 e. The van der Waals surface area contributed by atoms with E-state index in [4.69, 9.17) is 14.2 Å². The van der Waals surface area contributed by atoms with Crippen LogP contribution >= 0.6 is 0 Å². The zero-order valence-corrected chi connectivity index (χ0v) is 13.4. The first kappa shape index (κ1) is 16.5. The Balaban J connectivity index is 2.37. The quantitative estimate of drug-likeness (QED) is 0.735.